The van der Waals surface area contributed by atoms with Crippen LogP contribution in [0.5, 0.6) is 0 Å². The molecule has 34 heavy (non-hydrogen) atoms. The summed E-state index contributed by atoms with van der Waals surface area (Å²) in [5, 5.41) is 11.7. The molecule has 0 aromatic heterocycles. The average molecular weight is 516 g/mol. The third-order valence-corrected chi connectivity index (χ3v) is 7.86. The van der Waals surface area contributed by atoms with Gasteiger partial charge in [0.25, 0.3) is 5.79 Å². The first-order valence-corrected chi connectivity index (χ1v) is 15.7. The highest BCUT2D eigenvalue weighted by Gasteiger charge is 2.51. The van der Waals surface area contributed by atoms with Crippen LogP contribution in [0.1, 0.15) is 130 Å². The number of thiocyanates is 1. The Morgan fingerprint density at radius 3 is 1.65 bits per heavy atom. The Balaban J connectivity index is 4.76. The van der Waals surface area contributed by atoms with Crippen LogP contribution >= 0.6 is 11.8 Å². The van der Waals surface area contributed by atoms with Crippen molar-refractivity contribution >= 4 is 28.2 Å². The van der Waals surface area contributed by atoms with E-state index in [9.17, 15) is 10.1 Å². The first-order valence-electron chi connectivity index (χ1n) is 14.0. The largest absolute Gasteiger partial charge is 0.525 e. The summed E-state index contributed by atoms with van der Waals surface area (Å²) in [6, 6.07) is 0. The first-order chi connectivity index (χ1) is 16.6. The summed E-state index contributed by atoms with van der Waals surface area (Å²) in [6.45, 7) is 8.86. The van der Waals surface area contributed by atoms with Gasteiger partial charge in [-0.2, -0.15) is 5.26 Å². The second-order valence-electron chi connectivity index (χ2n) is 9.20. The molecular weight excluding hydrogens is 462 g/mol. The lowest BCUT2D eigenvalue weighted by Crippen LogP contribution is -2.55. The average Bonchev–Trinajstić information content (AvgIpc) is 2.83. The molecule has 0 aromatic rings. The Hall–Kier alpha value is -0.553. The third-order valence-electron chi connectivity index (χ3n) is 6.52. The molecule has 0 aliphatic carbocycles. The van der Waals surface area contributed by atoms with E-state index in [1.54, 1.807) is 0 Å². The van der Waals surface area contributed by atoms with Gasteiger partial charge in [-0.3, -0.25) is 0 Å². The summed E-state index contributed by atoms with van der Waals surface area (Å²) in [4.78, 5) is 13.0. The van der Waals surface area contributed by atoms with E-state index < -0.39 is 11.8 Å². The van der Waals surface area contributed by atoms with Crippen molar-refractivity contribution in [3.8, 4) is 5.40 Å². The highest BCUT2D eigenvalue weighted by atomic mass is 32.2. The minimum Gasteiger partial charge on any atom is -0.525 e. The molecule has 2 atom stereocenters. The van der Waals surface area contributed by atoms with E-state index in [-0.39, 0.29) is 21.7 Å². The summed E-state index contributed by atoms with van der Waals surface area (Å²) in [7, 11) is 0.290. The lowest BCUT2D eigenvalue weighted by Gasteiger charge is -2.40. The SMILES string of the molecule is CCCCCCCCCCCCCCCC(C(CCC)SC#N)C(OCC)(OCC)C(=O)O[SiH3]. The highest BCUT2D eigenvalue weighted by molar-refractivity contribution is 8.04. The molecule has 0 rings (SSSR count). The zero-order valence-electron chi connectivity index (χ0n) is 22.9. The number of hydrogen-bond acceptors (Lipinski definition) is 6. The number of nitrogens with zero attached hydrogens (tertiary/aromatic N) is 1. The Morgan fingerprint density at radius 2 is 1.26 bits per heavy atom. The molecule has 0 N–H and O–H groups in total. The second kappa shape index (κ2) is 22.9. The van der Waals surface area contributed by atoms with E-state index in [4.69, 9.17) is 13.9 Å². The number of unbranched alkanes of at least 4 members (excludes halogenated alkanes) is 12. The number of carbonyl (C=O) groups excluding carboxylic acids is 1. The van der Waals surface area contributed by atoms with Crippen LogP contribution in [0.15, 0.2) is 0 Å². The Morgan fingerprint density at radius 1 is 0.794 bits per heavy atom. The Bertz CT molecular complexity index is 523. The third kappa shape index (κ3) is 13.5. The molecule has 0 aliphatic heterocycles. The summed E-state index contributed by atoms with van der Waals surface area (Å²) in [5.74, 6) is -2.04. The lowest BCUT2D eigenvalue weighted by molar-refractivity contribution is -0.262. The minimum atomic E-state index is -1.41. The van der Waals surface area contributed by atoms with Crippen LogP contribution in [-0.2, 0) is 18.7 Å². The number of thioether (sulfide) groups is 1. The van der Waals surface area contributed by atoms with Crippen LogP contribution in [-0.4, -0.2) is 40.7 Å². The topological polar surface area (TPSA) is 68.5 Å². The zero-order chi connectivity index (χ0) is 25.5. The van der Waals surface area contributed by atoms with Gasteiger partial charge in [0.2, 0.25) is 10.5 Å². The second-order valence-corrected chi connectivity index (χ2v) is 10.6. The minimum absolute atomic E-state index is 0.0220. The molecule has 0 amide bonds. The number of nitriles is 1. The molecule has 5 nitrogen and oxygen atoms in total. The Labute approximate surface area is 218 Å². The molecule has 200 valence electrons. The molecule has 0 aliphatic rings. The maximum atomic E-state index is 13.0. The van der Waals surface area contributed by atoms with E-state index in [0.717, 1.165) is 32.1 Å². The van der Waals surface area contributed by atoms with Gasteiger partial charge in [-0.1, -0.05) is 104 Å². The van der Waals surface area contributed by atoms with Gasteiger partial charge in [0.15, 0.2) is 0 Å². The van der Waals surface area contributed by atoms with E-state index >= 15 is 0 Å². The molecular formula is C27H53NO4SSi. The van der Waals surface area contributed by atoms with Crippen LogP contribution in [0.4, 0.5) is 0 Å². The van der Waals surface area contributed by atoms with Gasteiger partial charge < -0.3 is 13.9 Å². The van der Waals surface area contributed by atoms with Crippen LogP contribution in [0.2, 0.25) is 0 Å². The number of ether oxygens (including phenoxy) is 2. The molecule has 0 heterocycles. The number of rotatable bonds is 24. The van der Waals surface area contributed by atoms with E-state index in [2.05, 4.69) is 19.2 Å². The van der Waals surface area contributed by atoms with Crippen LogP contribution in [0.25, 0.3) is 0 Å². The van der Waals surface area contributed by atoms with Crippen molar-refractivity contribution in [2.75, 3.05) is 13.2 Å². The van der Waals surface area contributed by atoms with Crippen LogP contribution < -0.4 is 0 Å². The summed E-state index contributed by atoms with van der Waals surface area (Å²) < 4.78 is 17.3. The maximum absolute atomic E-state index is 13.0. The fraction of sp³-hybridized carbons (Fsp3) is 0.926. The molecule has 2 unspecified atom stereocenters. The molecule has 0 aromatic carbocycles. The van der Waals surface area contributed by atoms with E-state index in [1.807, 2.05) is 13.8 Å². The predicted molar refractivity (Wildman–Crippen MR) is 148 cm³/mol. The first kappa shape index (κ1) is 33.4. The van der Waals surface area contributed by atoms with Crippen LogP contribution in [0, 0.1) is 16.6 Å². The van der Waals surface area contributed by atoms with Gasteiger partial charge in [-0.15, -0.1) is 0 Å². The quantitative estimate of drug-likeness (QED) is 0.0593. The standard InChI is InChI=1S/C27H53NO4SSi/c1-5-9-10-11-12-13-14-15-16-17-18-19-20-22-24(25(21-6-2)33-23-28)27(30-7-3,31-8-4)26(29)32-34/h24-25H,5-22H2,1-4,34H3. The highest BCUT2D eigenvalue weighted by Crippen LogP contribution is 2.39. The van der Waals surface area contributed by atoms with Gasteiger partial charge >= 0.3 is 5.97 Å². The lowest BCUT2D eigenvalue weighted by atomic mass is 9.86. The molecule has 0 saturated heterocycles. The van der Waals surface area contributed by atoms with Crippen molar-refractivity contribution in [3.63, 3.8) is 0 Å². The summed E-state index contributed by atoms with van der Waals surface area (Å²) >= 11 is 1.25. The van der Waals surface area contributed by atoms with Crippen molar-refractivity contribution in [2.45, 2.75) is 141 Å². The van der Waals surface area contributed by atoms with Crippen molar-refractivity contribution in [3.05, 3.63) is 0 Å². The molecule has 7 heteroatoms. The molecule has 0 saturated carbocycles. The van der Waals surface area contributed by atoms with Crippen LogP contribution in [0.3, 0.4) is 0 Å². The number of hydrogen-bond donors (Lipinski definition) is 0. The molecule has 0 spiro atoms. The van der Waals surface area contributed by atoms with Crippen molar-refractivity contribution in [1.29, 1.82) is 5.26 Å². The molecule has 0 radical (unpaired) electrons. The Kier molecular flexibility index (Phi) is 22.5. The molecule has 0 bridgehead atoms. The molecule has 0 fully saturated rings. The smallest absolute Gasteiger partial charge is 0.353 e. The van der Waals surface area contributed by atoms with Gasteiger partial charge in [-0.25, -0.2) is 4.79 Å². The van der Waals surface area contributed by atoms with Gasteiger partial charge in [0.05, 0.1) is 0 Å². The monoisotopic (exact) mass is 515 g/mol. The zero-order valence-corrected chi connectivity index (χ0v) is 25.7. The van der Waals surface area contributed by atoms with Crippen molar-refractivity contribution in [1.82, 2.24) is 0 Å². The maximum Gasteiger partial charge on any atom is 0.353 e. The summed E-state index contributed by atoms with van der Waals surface area (Å²) in [5.41, 5.74) is 0. The van der Waals surface area contributed by atoms with Gasteiger partial charge in [0, 0.05) is 24.4 Å². The van der Waals surface area contributed by atoms with Crippen molar-refractivity contribution in [2.24, 2.45) is 5.92 Å². The number of carbonyl (C=O) groups is 1. The van der Waals surface area contributed by atoms with Crippen molar-refractivity contribution < 1.29 is 18.7 Å². The predicted octanol–water partition coefficient (Wildman–Crippen LogP) is 7.06. The van der Waals surface area contributed by atoms with Gasteiger partial charge in [0.1, 0.15) is 5.40 Å². The summed E-state index contributed by atoms with van der Waals surface area (Å²) in [6.07, 6.45) is 19.5. The fourth-order valence-corrected chi connectivity index (χ4v) is 6.05. The fourth-order valence-electron chi connectivity index (χ4n) is 4.79. The van der Waals surface area contributed by atoms with Gasteiger partial charge in [-0.05, 0) is 38.5 Å². The van der Waals surface area contributed by atoms with E-state index in [0.29, 0.717) is 13.2 Å². The van der Waals surface area contributed by atoms with E-state index in [1.165, 1.54) is 82.4 Å². The normalized spacial score (nSPS) is 13.5.